The van der Waals surface area contributed by atoms with Gasteiger partial charge in [0.05, 0.1) is 26.7 Å². The molecule has 0 aromatic heterocycles. The normalized spacial score (nSPS) is 16.9. The summed E-state index contributed by atoms with van der Waals surface area (Å²) < 4.78 is 15.7. The van der Waals surface area contributed by atoms with Gasteiger partial charge in [0, 0.05) is 30.5 Å². The van der Waals surface area contributed by atoms with Gasteiger partial charge < -0.3 is 19.5 Å². The number of benzene rings is 1. The number of carbonyl (C=O) groups excluding carboxylic acids is 2. The van der Waals surface area contributed by atoms with Gasteiger partial charge in [-0.05, 0) is 31.9 Å². The lowest BCUT2D eigenvalue weighted by Gasteiger charge is -2.10. The van der Waals surface area contributed by atoms with E-state index in [-0.39, 0.29) is 18.4 Å². The molecule has 1 fully saturated rings. The molecule has 2 amide bonds. The predicted octanol–water partition coefficient (Wildman–Crippen LogP) is 1.49. The number of carbonyl (C=O) groups is 2. The number of methoxy groups -OCH3 is 2. The second kappa shape index (κ2) is 9.76. The highest BCUT2D eigenvalue weighted by atomic mass is 16.5. The summed E-state index contributed by atoms with van der Waals surface area (Å²) in [6.07, 6.45) is 2.20. The molecule has 2 rings (SSSR count). The molecule has 8 nitrogen and oxygen atoms in total. The number of hydrazone groups is 1. The molecule has 1 saturated heterocycles. The molecule has 26 heavy (non-hydrogen) atoms. The summed E-state index contributed by atoms with van der Waals surface area (Å²) >= 11 is 0. The summed E-state index contributed by atoms with van der Waals surface area (Å²) in [6, 6.07) is 4.83. The van der Waals surface area contributed by atoms with E-state index in [1.165, 1.54) is 14.2 Å². The third kappa shape index (κ3) is 6.03. The van der Waals surface area contributed by atoms with Gasteiger partial charge in [-0.3, -0.25) is 9.59 Å². The van der Waals surface area contributed by atoms with Crippen LogP contribution in [0, 0.1) is 0 Å². The molecule has 142 valence electrons. The van der Waals surface area contributed by atoms with E-state index in [1.54, 1.807) is 25.1 Å². The van der Waals surface area contributed by atoms with Gasteiger partial charge in [-0.15, -0.1) is 0 Å². The third-order valence-corrected chi connectivity index (χ3v) is 3.93. The highest BCUT2D eigenvalue weighted by Crippen LogP contribution is 2.22. The molecule has 1 aromatic carbocycles. The van der Waals surface area contributed by atoms with Crippen LogP contribution in [-0.4, -0.2) is 51.0 Å². The summed E-state index contributed by atoms with van der Waals surface area (Å²) in [5, 5.41) is 6.79. The van der Waals surface area contributed by atoms with Crippen LogP contribution < -0.4 is 20.2 Å². The summed E-state index contributed by atoms with van der Waals surface area (Å²) in [5.74, 6) is 0.438. The van der Waals surface area contributed by atoms with E-state index in [1.807, 2.05) is 0 Å². The van der Waals surface area contributed by atoms with E-state index in [0.717, 1.165) is 19.4 Å². The number of rotatable bonds is 8. The van der Waals surface area contributed by atoms with Crippen molar-refractivity contribution in [3.05, 3.63) is 23.8 Å². The topological polar surface area (TPSA) is 98.3 Å². The number of amides is 2. The van der Waals surface area contributed by atoms with Gasteiger partial charge in [0.2, 0.25) is 5.91 Å². The Kier molecular flexibility index (Phi) is 7.40. The lowest BCUT2D eigenvalue weighted by atomic mass is 10.2. The van der Waals surface area contributed by atoms with Crippen molar-refractivity contribution < 1.29 is 23.8 Å². The Bertz CT molecular complexity index is 647. The first-order valence-corrected chi connectivity index (χ1v) is 8.46. The van der Waals surface area contributed by atoms with Gasteiger partial charge in [-0.25, -0.2) is 5.43 Å². The fourth-order valence-electron chi connectivity index (χ4n) is 2.52. The first kappa shape index (κ1) is 19.7. The van der Waals surface area contributed by atoms with Gasteiger partial charge in [-0.2, -0.15) is 5.10 Å². The number of hydrogen-bond acceptors (Lipinski definition) is 6. The van der Waals surface area contributed by atoms with Crippen LogP contribution in [0.1, 0.15) is 36.5 Å². The van der Waals surface area contributed by atoms with Crippen molar-refractivity contribution in [3.8, 4) is 11.5 Å². The molecule has 0 spiro atoms. The summed E-state index contributed by atoms with van der Waals surface area (Å²) in [7, 11) is 3.02. The zero-order valence-corrected chi connectivity index (χ0v) is 15.3. The second-order valence-electron chi connectivity index (χ2n) is 6.01. The van der Waals surface area contributed by atoms with Crippen LogP contribution in [0.5, 0.6) is 11.5 Å². The minimum atomic E-state index is -0.415. The Labute approximate surface area is 152 Å². The van der Waals surface area contributed by atoms with Gasteiger partial charge in [-0.1, -0.05) is 0 Å². The van der Waals surface area contributed by atoms with Crippen LogP contribution in [0.4, 0.5) is 0 Å². The zero-order chi connectivity index (χ0) is 18.9. The van der Waals surface area contributed by atoms with E-state index in [4.69, 9.17) is 14.2 Å². The monoisotopic (exact) mass is 363 g/mol. The molecule has 1 aliphatic heterocycles. The highest BCUT2D eigenvalue weighted by molar-refractivity contribution is 6.01. The average molecular weight is 363 g/mol. The summed E-state index contributed by atoms with van der Waals surface area (Å²) in [5.41, 5.74) is 3.28. The largest absolute Gasteiger partial charge is 0.497 e. The maximum atomic E-state index is 12.2. The average Bonchev–Trinajstić information content (AvgIpc) is 3.17. The predicted molar refractivity (Wildman–Crippen MR) is 96.7 cm³/mol. The lowest BCUT2D eigenvalue weighted by Crippen LogP contribution is -2.33. The van der Waals surface area contributed by atoms with Gasteiger partial charge >= 0.3 is 0 Å². The van der Waals surface area contributed by atoms with Crippen LogP contribution in [-0.2, 0) is 9.53 Å². The Balaban J connectivity index is 1.85. The molecule has 1 aliphatic rings. The maximum absolute atomic E-state index is 12.2. The van der Waals surface area contributed by atoms with Crippen molar-refractivity contribution in [1.29, 1.82) is 0 Å². The Morgan fingerprint density at radius 1 is 1.23 bits per heavy atom. The van der Waals surface area contributed by atoms with Gasteiger partial charge in [0.25, 0.3) is 5.91 Å². The summed E-state index contributed by atoms with van der Waals surface area (Å²) in [4.78, 5) is 24.1. The molecule has 2 N–H and O–H groups in total. The first-order valence-electron chi connectivity index (χ1n) is 8.46. The third-order valence-electron chi connectivity index (χ3n) is 3.93. The molecule has 0 saturated carbocycles. The van der Waals surface area contributed by atoms with Crippen molar-refractivity contribution in [2.24, 2.45) is 5.10 Å². The van der Waals surface area contributed by atoms with E-state index in [2.05, 4.69) is 15.8 Å². The number of nitrogens with zero attached hydrogens (tertiary/aromatic N) is 1. The standard InChI is InChI=1S/C18H25N3O5/c1-12(7-17(22)19-11-14-5-4-6-26-14)20-21-18(23)13-8-15(24-2)10-16(9-13)25-3/h8-10,14H,4-7,11H2,1-3H3,(H,19,22)(H,21,23)/b20-12+. The molecule has 8 heteroatoms. The van der Waals surface area contributed by atoms with E-state index < -0.39 is 5.91 Å². The van der Waals surface area contributed by atoms with Gasteiger partial charge in [0.15, 0.2) is 0 Å². The fraction of sp³-hybridized carbons (Fsp3) is 0.500. The minimum absolute atomic E-state index is 0.0962. The molecule has 1 aromatic rings. The molecule has 1 unspecified atom stereocenters. The van der Waals surface area contributed by atoms with Crippen molar-refractivity contribution >= 4 is 17.5 Å². The van der Waals surface area contributed by atoms with E-state index in [0.29, 0.717) is 29.3 Å². The Morgan fingerprint density at radius 2 is 1.92 bits per heavy atom. The minimum Gasteiger partial charge on any atom is -0.497 e. The Hall–Kier alpha value is -2.61. The molecule has 0 radical (unpaired) electrons. The zero-order valence-electron chi connectivity index (χ0n) is 15.3. The highest BCUT2D eigenvalue weighted by Gasteiger charge is 2.16. The quantitative estimate of drug-likeness (QED) is 0.539. The molecule has 1 atom stereocenters. The molecular weight excluding hydrogens is 338 g/mol. The van der Waals surface area contributed by atoms with Crippen molar-refractivity contribution in [1.82, 2.24) is 10.7 Å². The lowest BCUT2D eigenvalue weighted by molar-refractivity contribution is -0.120. The van der Waals surface area contributed by atoms with Crippen LogP contribution in [0.15, 0.2) is 23.3 Å². The number of ether oxygens (including phenoxy) is 3. The number of nitrogens with one attached hydrogen (secondary N) is 2. The van der Waals surface area contributed by atoms with Crippen LogP contribution in [0.25, 0.3) is 0 Å². The SMILES string of the molecule is COc1cc(OC)cc(C(=O)N/N=C(\C)CC(=O)NCC2CCCO2)c1. The van der Waals surface area contributed by atoms with Crippen molar-refractivity contribution in [2.75, 3.05) is 27.4 Å². The smallest absolute Gasteiger partial charge is 0.271 e. The summed E-state index contributed by atoms with van der Waals surface area (Å²) in [6.45, 7) is 2.93. The van der Waals surface area contributed by atoms with E-state index >= 15 is 0 Å². The maximum Gasteiger partial charge on any atom is 0.271 e. The molecule has 0 aliphatic carbocycles. The van der Waals surface area contributed by atoms with Crippen LogP contribution in [0.3, 0.4) is 0 Å². The molecule has 1 heterocycles. The van der Waals surface area contributed by atoms with E-state index in [9.17, 15) is 9.59 Å². The molecule has 0 bridgehead atoms. The van der Waals surface area contributed by atoms with Crippen molar-refractivity contribution in [3.63, 3.8) is 0 Å². The van der Waals surface area contributed by atoms with Crippen molar-refractivity contribution in [2.45, 2.75) is 32.3 Å². The number of hydrogen-bond donors (Lipinski definition) is 2. The molecular formula is C18H25N3O5. The Morgan fingerprint density at radius 3 is 2.50 bits per heavy atom. The first-order chi connectivity index (χ1) is 12.5. The van der Waals surface area contributed by atoms with Crippen LogP contribution in [0.2, 0.25) is 0 Å². The fourth-order valence-corrected chi connectivity index (χ4v) is 2.52. The van der Waals surface area contributed by atoms with Crippen LogP contribution >= 0.6 is 0 Å². The van der Waals surface area contributed by atoms with Gasteiger partial charge in [0.1, 0.15) is 11.5 Å². The second-order valence-corrected chi connectivity index (χ2v) is 6.01.